The van der Waals surface area contributed by atoms with Crippen LogP contribution in [0.1, 0.15) is 50.8 Å². The largest absolute Gasteiger partial charge is 0.330 e. The number of nitrogens with zero attached hydrogens (tertiary/aromatic N) is 4. The van der Waals surface area contributed by atoms with Gasteiger partial charge in [0.25, 0.3) is 5.91 Å². The van der Waals surface area contributed by atoms with E-state index in [-0.39, 0.29) is 5.91 Å². The van der Waals surface area contributed by atoms with Gasteiger partial charge in [0.15, 0.2) is 0 Å². The number of hydrogen-bond donors (Lipinski definition) is 2. The Morgan fingerprint density at radius 3 is 2.83 bits per heavy atom. The summed E-state index contributed by atoms with van der Waals surface area (Å²) < 4.78 is 1.91. The van der Waals surface area contributed by atoms with E-state index in [1.165, 1.54) is 11.1 Å². The molecule has 1 fully saturated rings. The average molecular weight is 479 g/mol. The molecular formula is C29H30N6O. The molecule has 1 aliphatic carbocycles. The Hall–Kier alpha value is -3.86. The highest BCUT2D eigenvalue weighted by Crippen LogP contribution is 2.36. The van der Waals surface area contributed by atoms with Crippen molar-refractivity contribution < 1.29 is 4.79 Å². The minimum Gasteiger partial charge on any atom is -0.330 e. The van der Waals surface area contributed by atoms with Gasteiger partial charge in [-0.25, -0.2) is 4.98 Å². The molecule has 2 N–H and O–H groups in total. The van der Waals surface area contributed by atoms with Crippen LogP contribution in [0.2, 0.25) is 0 Å². The minimum absolute atomic E-state index is 0.0894. The highest BCUT2D eigenvalue weighted by molar-refractivity contribution is 6.04. The second-order valence-electron chi connectivity index (χ2n) is 9.84. The Balaban J connectivity index is 1.17. The number of anilines is 1. The summed E-state index contributed by atoms with van der Waals surface area (Å²) in [5, 5.41) is 3.07. The maximum atomic E-state index is 13.1. The number of carbonyl (C=O) groups excluding carboxylic acids is 1. The van der Waals surface area contributed by atoms with Crippen molar-refractivity contribution in [3.8, 4) is 11.8 Å². The first kappa shape index (κ1) is 22.6. The number of rotatable bonds is 3. The fourth-order valence-electron chi connectivity index (χ4n) is 5.32. The maximum Gasteiger partial charge on any atom is 0.255 e. The predicted molar refractivity (Wildman–Crippen MR) is 141 cm³/mol. The molecule has 0 spiro atoms. The Morgan fingerprint density at radius 2 is 1.97 bits per heavy atom. The van der Waals surface area contributed by atoms with E-state index in [1.54, 1.807) is 6.20 Å². The molecule has 2 aliphatic rings. The quantitative estimate of drug-likeness (QED) is 0.439. The summed E-state index contributed by atoms with van der Waals surface area (Å²) in [5.41, 5.74) is 6.89. The smallest absolute Gasteiger partial charge is 0.255 e. The molecule has 0 saturated carbocycles. The third-order valence-corrected chi connectivity index (χ3v) is 7.48. The monoisotopic (exact) mass is 478 g/mol. The van der Waals surface area contributed by atoms with Gasteiger partial charge in [0.2, 0.25) is 5.78 Å². The Kier molecular flexibility index (Phi) is 5.84. The molecule has 7 heteroatoms. The number of imidazole rings is 2. The highest BCUT2D eigenvalue weighted by Gasteiger charge is 2.30. The first-order chi connectivity index (χ1) is 17.5. The number of piperazine rings is 1. The second kappa shape index (κ2) is 9.30. The number of fused-ring (bicyclic) bond motifs is 2. The zero-order chi connectivity index (χ0) is 24.6. The van der Waals surface area contributed by atoms with Gasteiger partial charge in [0, 0.05) is 61.4 Å². The molecule has 4 aromatic rings. The fourth-order valence-corrected chi connectivity index (χ4v) is 5.32. The summed E-state index contributed by atoms with van der Waals surface area (Å²) in [5.74, 6) is 7.11. The van der Waals surface area contributed by atoms with Gasteiger partial charge in [-0.05, 0) is 73.7 Å². The van der Waals surface area contributed by atoms with Crippen LogP contribution in [-0.2, 0) is 6.42 Å². The van der Waals surface area contributed by atoms with Crippen LogP contribution in [0.4, 0.5) is 5.69 Å². The standard InChI is InChI=1S/C29H30N6O/c1-20-3-7-24(18-21(20)4-8-25-19-31-29-30-11-12-35(25)29)32-28(36)23-5-9-26-22(17-23)6-10-27(26)34-15-13-33(2)14-16-34/h3,5,7,9,11-12,17-19,27H,6,10,13-16H2,1-2H3,(H,30,31)(H,32,36). The summed E-state index contributed by atoms with van der Waals surface area (Å²) in [6, 6.07) is 12.6. The topological polar surface area (TPSA) is 68.7 Å². The van der Waals surface area contributed by atoms with Crippen LogP contribution < -0.4 is 5.32 Å². The number of H-pyrrole nitrogens is 1. The molecule has 3 heterocycles. The lowest BCUT2D eigenvalue weighted by Crippen LogP contribution is -2.45. The molecule has 6 rings (SSSR count). The number of aromatic amines is 1. The summed E-state index contributed by atoms with van der Waals surface area (Å²) in [7, 11) is 2.19. The lowest BCUT2D eigenvalue weighted by atomic mass is 10.0. The van der Waals surface area contributed by atoms with E-state index in [9.17, 15) is 4.79 Å². The normalized spacial score (nSPS) is 18.1. The van der Waals surface area contributed by atoms with Gasteiger partial charge in [-0.1, -0.05) is 18.1 Å². The first-order valence-electron chi connectivity index (χ1n) is 12.5. The van der Waals surface area contributed by atoms with Gasteiger partial charge >= 0.3 is 0 Å². The Morgan fingerprint density at radius 1 is 1.11 bits per heavy atom. The van der Waals surface area contributed by atoms with Crippen LogP contribution in [0.5, 0.6) is 0 Å². The van der Waals surface area contributed by atoms with Crippen LogP contribution >= 0.6 is 0 Å². The molecule has 0 radical (unpaired) electrons. The van der Waals surface area contributed by atoms with Crippen molar-refractivity contribution in [3.63, 3.8) is 0 Å². The molecule has 2 aromatic carbocycles. The zero-order valence-electron chi connectivity index (χ0n) is 20.7. The van der Waals surface area contributed by atoms with E-state index in [1.807, 2.05) is 48.0 Å². The lowest BCUT2D eigenvalue weighted by Gasteiger charge is -2.36. The molecule has 1 saturated heterocycles. The van der Waals surface area contributed by atoms with E-state index in [2.05, 4.69) is 56.1 Å². The Bertz CT molecular complexity index is 1490. The average Bonchev–Trinajstić information content (AvgIpc) is 3.61. The van der Waals surface area contributed by atoms with Crippen molar-refractivity contribution in [2.24, 2.45) is 0 Å². The van der Waals surface area contributed by atoms with E-state index >= 15 is 0 Å². The number of amides is 1. The number of aromatic nitrogens is 3. The first-order valence-corrected chi connectivity index (χ1v) is 12.5. The molecule has 1 unspecified atom stereocenters. The van der Waals surface area contributed by atoms with Crippen LogP contribution in [0.3, 0.4) is 0 Å². The molecule has 36 heavy (non-hydrogen) atoms. The molecular weight excluding hydrogens is 448 g/mol. The third-order valence-electron chi connectivity index (χ3n) is 7.48. The number of benzene rings is 2. The van der Waals surface area contributed by atoms with Gasteiger partial charge < -0.3 is 15.2 Å². The number of aryl methyl sites for hydroxylation is 2. The summed E-state index contributed by atoms with van der Waals surface area (Å²) in [4.78, 5) is 25.5. The zero-order valence-corrected chi connectivity index (χ0v) is 20.7. The highest BCUT2D eigenvalue weighted by atomic mass is 16.1. The van der Waals surface area contributed by atoms with Crippen molar-refractivity contribution in [2.45, 2.75) is 25.8 Å². The van der Waals surface area contributed by atoms with Crippen LogP contribution in [0.15, 0.2) is 55.0 Å². The maximum absolute atomic E-state index is 13.1. The third kappa shape index (κ3) is 4.30. The molecule has 7 nitrogen and oxygen atoms in total. The molecule has 1 aliphatic heterocycles. The summed E-state index contributed by atoms with van der Waals surface area (Å²) in [6.45, 7) is 6.48. The Labute approximate surface area is 211 Å². The number of likely N-dealkylation sites (N-methyl/N-ethyl adjacent to an activating group) is 1. The number of carbonyl (C=O) groups is 1. The van der Waals surface area contributed by atoms with Crippen molar-refractivity contribution in [2.75, 3.05) is 38.5 Å². The van der Waals surface area contributed by atoms with Gasteiger partial charge in [-0.3, -0.25) is 14.1 Å². The summed E-state index contributed by atoms with van der Waals surface area (Å²) in [6.07, 6.45) is 7.65. The van der Waals surface area contributed by atoms with Crippen molar-refractivity contribution >= 4 is 17.4 Å². The van der Waals surface area contributed by atoms with Gasteiger partial charge in [0.05, 0.1) is 6.20 Å². The molecule has 1 atom stereocenters. The van der Waals surface area contributed by atoms with E-state index in [4.69, 9.17) is 0 Å². The molecule has 2 aromatic heterocycles. The van der Waals surface area contributed by atoms with Crippen molar-refractivity contribution in [3.05, 3.63) is 88.5 Å². The van der Waals surface area contributed by atoms with Gasteiger partial charge in [0.1, 0.15) is 5.69 Å². The van der Waals surface area contributed by atoms with Gasteiger partial charge in [-0.15, -0.1) is 0 Å². The second-order valence-corrected chi connectivity index (χ2v) is 9.84. The van der Waals surface area contributed by atoms with E-state index in [0.29, 0.717) is 11.6 Å². The van der Waals surface area contributed by atoms with Gasteiger partial charge in [-0.2, -0.15) is 0 Å². The van der Waals surface area contributed by atoms with Crippen LogP contribution in [-0.4, -0.2) is 63.3 Å². The van der Waals surface area contributed by atoms with E-state index < -0.39 is 0 Å². The molecule has 182 valence electrons. The minimum atomic E-state index is -0.0894. The van der Waals surface area contributed by atoms with E-state index in [0.717, 1.165) is 67.3 Å². The number of hydrogen-bond acceptors (Lipinski definition) is 4. The number of nitrogens with one attached hydrogen (secondary N) is 2. The predicted octanol–water partition coefficient (Wildman–Crippen LogP) is 3.86. The fraction of sp³-hybridized carbons (Fsp3) is 0.310. The van der Waals surface area contributed by atoms with Crippen LogP contribution in [0, 0.1) is 18.8 Å². The lowest BCUT2D eigenvalue weighted by molar-refractivity contribution is 0.102. The molecule has 1 amide bonds. The van der Waals surface area contributed by atoms with Crippen molar-refractivity contribution in [1.29, 1.82) is 0 Å². The summed E-state index contributed by atoms with van der Waals surface area (Å²) >= 11 is 0. The molecule has 0 bridgehead atoms. The van der Waals surface area contributed by atoms with Crippen LogP contribution in [0.25, 0.3) is 5.78 Å². The SMILES string of the molecule is Cc1ccc(NC(=O)c2ccc3c(c2)CCC3N2CCN(C)CC2)cc1C#Cc1cnc2[nH]ccn12. The van der Waals surface area contributed by atoms with Crippen molar-refractivity contribution in [1.82, 2.24) is 24.2 Å².